The molecule has 1 N–H and O–H groups in total. The van der Waals surface area contributed by atoms with Gasteiger partial charge in [0.25, 0.3) is 5.92 Å². The molecule has 0 saturated carbocycles. The van der Waals surface area contributed by atoms with Crippen molar-refractivity contribution in [2.24, 2.45) is 5.11 Å². The second kappa shape index (κ2) is 4.36. The van der Waals surface area contributed by atoms with Crippen LogP contribution in [0.1, 0.15) is 0 Å². The lowest BCUT2D eigenvalue weighted by Gasteiger charge is -2.22. The number of ether oxygens (including phenoxy) is 1. The zero-order chi connectivity index (χ0) is 9.73. The van der Waals surface area contributed by atoms with Crippen LogP contribution < -0.4 is 5.32 Å². The lowest BCUT2D eigenvalue weighted by atomic mass is 10.2. The van der Waals surface area contributed by atoms with Crippen LogP contribution in [0, 0.1) is 0 Å². The molecule has 0 radical (unpaired) electrons. The molecule has 1 saturated heterocycles. The summed E-state index contributed by atoms with van der Waals surface area (Å²) in [6, 6.07) is 0. The third-order valence-corrected chi connectivity index (χ3v) is 1.74. The van der Waals surface area contributed by atoms with Gasteiger partial charge in [-0.15, -0.1) is 0 Å². The first kappa shape index (κ1) is 10.2. The minimum atomic E-state index is -2.97. The van der Waals surface area contributed by atoms with Gasteiger partial charge in [0.2, 0.25) is 0 Å². The van der Waals surface area contributed by atoms with Crippen molar-refractivity contribution in [1.82, 2.24) is 5.32 Å². The maximum Gasteiger partial charge on any atom is 0.285 e. The predicted octanol–water partition coefficient (Wildman–Crippen LogP) is 0.920. The highest BCUT2D eigenvalue weighted by Gasteiger charge is 2.40. The molecule has 0 aromatic heterocycles. The normalized spacial score (nSPS) is 27.4. The average Bonchev–Trinajstić information content (AvgIpc) is 2.23. The molecule has 0 bridgehead atoms. The molecule has 1 aliphatic heterocycles. The van der Waals surface area contributed by atoms with E-state index in [9.17, 15) is 8.78 Å². The molecule has 1 aliphatic rings. The van der Waals surface area contributed by atoms with E-state index in [0.29, 0.717) is 6.54 Å². The smallest absolute Gasteiger partial charge is 0.285 e. The minimum Gasteiger partial charge on any atom is -0.370 e. The summed E-state index contributed by atoms with van der Waals surface area (Å²) in [5.74, 6) is -2.97. The van der Waals surface area contributed by atoms with Gasteiger partial charge in [-0.3, -0.25) is 0 Å². The van der Waals surface area contributed by atoms with Crippen LogP contribution in [0.4, 0.5) is 8.78 Å². The van der Waals surface area contributed by atoms with Crippen LogP contribution in [0.2, 0.25) is 0 Å². The Bertz CT molecular complexity index is 217. The second-order valence-corrected chi connectivity index (χ2v) is 2.71. The quantitative estimate of drug-likeness (QED) is 0.401. The highest BCUT2D eigenvalue weighted by atomic mass is 19.3. The first-order chi connectivity index (χ1) is 6.17. The topological polar surface area (TPSA) is 70.0 Å². The van der Waals surface area contributed by atoms with E-state index in [1.807, 2.05) is 0 Å². The van der Waals surface area contributed by atoms with Gasteiger partial charge in [0.1, 0.15) is 6.10 Å². The summed E-state index contributed by atoms with van der Waals surface area (Å²) in [7, 11) is 0. The van der Waals surface area contributed by atoms with Gasteiger partial charge in [-0.1, -0.05) is 5.11 Å². The number of rotatable bonds is 2. The fourth-order valence-electron chi connectivity index (χ4n) is 1.06. The highest BCUT2D eigenvalue weighted by molar-refractivity contribution is 4.84. The van der Waals surface area contributed by atoms with Crippen molar-refractivity contribution in [3.8, 4) is 0 Å². The fraction of sp³-hybridized carbons (Fsp3) is 1.00. The molecule has 0 aromatic rings. The standard InChI is InChI=1S/C6H10F2N4O/c7-6(8)4-10-1-2-13-5(6)3-11-12-9/h5,10H,1-4H2. The second-order valence-electron chi connectivity index (χ2n) is 2.71. The molecule has 0 amide bonds. The van der Waals surface area contributed by atoms with Crippen LogP contribution in [-0.4, -0.2) is 38.3 Å². The molecule has 0 aliphatic carbocycles. The van der Waals surface area contributed by atoms with Gasteiger partial charge in [-0.25, -0.2) is 8.78 Å². The van der Waals surface area contributed by atoms with E-state index >= 15 is 0 Å². The van der Waals surface area contributed by atoms with Gasteiger partial charge >= 0.3 is 0 Å². The Morgan fingerprint density at radius 3 is 3.15 bits per heavy atom. The predicted molar refractivity (Wildman–Crippen MR) is 41.6 cm³/mol. The van der Waals surface area contributed by atoms with Crippen molar-refractivity contribution in [1.29, 1.82) is 0 Å². The van der Waals surface area contributed by atoms with E-state index in [-0.39, 0.29) is 13.2 Å². The summed E-state index contributed by atoms with van der Waals surface area (Å²) >= 11 is 0. The summed E-state index contributed by atoms with van der Waals surface area (Å²) in [5, 5.41) is 5.61. The molecule has 1 atom stereocenters. The number of nitrogens with one attached hydrogen (secondary N) is 1. The van der Waals surface area contributed by atoms with Gasteiger partial charge in [-0.05, 0) is 5.53 Å². The number of halogens is 2. The molecule has 5 nitrogen and oxygen atoms in total. The number of alkyl halides is 2. The van der Waals surface area contributed by atoms with Crippen molar-refractivity contribution in [3.63, 3.8) is 0 Å². The Hall–Kier alpha value is -0.910. The van der Waals surface area contributed by atoms with Crippen LogP contribution >= 0.6 is 0 Å². The van der Waals surface area contributed by atoms with Gasteiger partial charge in [-0.2, -0.15) is 0 Å². The van der Waals surface area contributed by atoms with E-state index in [1.165, 1.54) is 0 Å². The first-order valence-corrected chi connectivity index (χ1v) is 3.88. The van der Waals surface area contributed by atoms with E-state index in [2.05, 4.69) is 15.3 Å². The monoisotopic (exact) mass is 192 g/mol. The Morgan fingerprint density at radius 2 is 2.46 bits per heavy atom. The maximum atomic E-state index is 13.1. The largest absolute Gasteiger partial charge is 0.370 e. The van der Waals surface area contributed by atoms with Crippen LogP contribution in [-0.2, 0) is 4.74 Å². The van der Waals surface area contributed by atoms with Crippen LogP contribution in [0.3, 0.4) is 0 Å². The van der Waals surface area contributed by atoms with Gasteiger partial charge < -0.3 is 10.1 Å². The summed E-state index contributed by atoms with van der Waals surface area (Å²) < 4.78 is 31.0. The van der Waals surface area contributed by atoms with Crippen molar-refractivity contribution in [3.05, 3.63) is 10.4 Å². The molecule has 74 valence electrons. The van der Waals surface area contributed by atoms with E-state index in [4.69, 9.17) is 10.3 Å². The van der Waals surface area contributed by atoms with E-state index in [0.717, 1.165) is 0 Å². The summed E-state index contributed by atoms with van der Waals surface area (Å²) in [6.45, 7) is -0.159. The molecular formula is C6H10F2N4O. The SMILES string of the molecule is [N-]=[N+]=NCC1OCCNCC1(F)F. The van der Waals surface area contributed by atoms with Crippen molar-refractivity contribution >= 4 is 0 Å². The number of azide groups is 1. The zero-order valence-electron chi connectivity index (χ0n) is 6.91. The Morgan fingerprint density at radius 1 is 1.69 bits per heavy atom. The molecule has 1 fully saturated rings. The number of nitrogens with zero attached hydrogens (tertiary/aromatic N) is 3. The Kier molecular flexibility index (Phi) is 3.41. The van der Waals surface area contributed by atoms with Crippen molar-refractivity contribution < 1.29 is 13.5 Å². The zero-order valence-corrected chi connectivity index (χ0v) is 6.91. The first-order valence-electron chi connectivity index (χ1n) is 3.88. The summed E-state index contributed by atoms with van der Waals surface area (Å²) in [4.78, 5) is 2.42. The Balaban J connectivity index is 2.60. The van der Waals surface area contributed by atoms with Crippen LogP contribution in [0.15, 0.2) is 5.11 Å². The van der Waals surface area contributed by atoms with Gasteiger partial charge in [0.05, 0.1) is 19.7 Å². The fourth-order valence-corrected chi connectivity index (χ4v) is 1.06. The van der Waals surface area contributed by atoms with Gasteiger partial charge in [0.15, 0.2) is 0 Å². The third-order valence-electron chi connectivity index (χ3n) is 1.74. The summed E-state index contributed by atoms with van der Waals surface area (Å²) in [5.41, 5.74) is 7.98. The summed E-state index contributed by atoms with van der Waals surface area (Å²) in [6.07, 6.45) is -1.31. The minimum absolute atomic E-state index is 0.210. The molecule has 13 heavy (non-hydrogen) atoms. The molecule has 1 rings (SSSR count). The molecule has 1 heterocycles. The van der Waals surface area contributed by atoms with Crippen molar-refractivity contribution in [2.45, 2.75) is 12.0 Å². The molecule has 0 spiro atoms. The molecule has 7 heteroatoms. The lowest BCUT2D eigenvalue weighted by Crippen LogP contribution is -2.42. The van der Waals surface area contributed by atoms with Crippen LogP contribution in [0.25, 0.3) is 10.4 Å². The Labute approximate surface area is 73.7 Å². The molecule has 1 unspecified atom stereocenters. The highest BCUT2D eigenvalue weighted by Crippen LogP contribution is 2.22. The third kappa shape index (κ3) is 2.80. The number of hydrogen-bond donors (Lipinski definition) is 1. The van der Waals surface area contributed by atoms with Crippen molar-refractivity contribution in [2.75, 3.05) is 26.2 Å². The van der Waals surface area contributed by atoms with Gasteiger partial charge in [0, 0.05) is 11.5 Å². The lowest BCUT2D eigenvalue weighted by molar-refractivity contribution is -0.115. The van der Waals surface area contributed by atoms with E-state index < -0.39 is 18.6 Å². The molecule has 0 aromatic carbocycles. The number of hydrogen-bond acceptors (Lipinski definition) is 3. The molecular weight excluding hydrogens is 182 g/mol. The average molecular weight is 192 g/mol. The maximum absolute atomic E-state index is 13.1. The van der Waals surface area contributed by atoms with E-state index in [1.54, 1.807) is 0 Å². The van der Waals surface area contributed by atoms with Crippen LogP contribution in [0.5, 0.6) is 0 Å².